The summed E-state index contributed by atoms with van der Waals surface area (Å²) in [6.45, 7) is 12.0. The third kappa shape index (κ3) is 4.01. The van der Waals surface area contributed by atoms with Crippen LogP contribution in [0.3, 0.4) is 0 Å². The second-order valence-corrected chi connectivity index (χ2v) is 8.34. The molecule has 3 nitrogen and oxygen atoms in total. The van der Waals surface area contributed by atoms with Crippen molar-refractivity contribution in [3.63, 3.8) is 0 Å². The molecule has 0 radical (unpaired) electrons. The van der Waals surface area contributed by atoms with Gasteiger partial charge in [-0.3, -0.25) is 0 Å². The zero-order chi connectivity index (χ0) is 14.8. The van der Waals surface area contributed by atoms with Gasteiger partial charge in [0.05, 0.1) is 21.3 Å². The van der Waals surface area contributed by atoms with Gasteiger partial charge in [-0.2, -0.15) is 0 Å². The molecule has 2 atom stereocenters. The van der Waals surface area contributed by atoms with E-state index in [1.807, 2.05) is 33.8 Å². The van der Waals surface area contributed by atoms with E-state index in [-0.39, 0.29) is 10.3 Å². The van der Waals surface area contributed by atoms with Gasteiger partial charge in [-0.05, 0) is 58.2 Å². The Hall–Kier alpha value is -0.450. The molecule has 1 heterocycles. The van der Waals surface area contributed by atoms with Crippen molar-refractivity contribution in [2.24, 2.45) is 0 Å². The Morgan fingerprint density at radius 3 is 2.42 bits per heavy atom. The van der Waals surface area contributed by atoms with Gasteiger partial charge >= 0.3 is 0 Å². The molecule has 0 amide bonds. The maximum atomic E-state index is 12.4. The Labute approximate surface area is 123 Å². The van der Waals surface area contributed by atoms with E-state index in [9.17, 15) is 4.21 Å². The zero-order valence-electron chi connectivity index (χ0n) is 12.5. The molecular weight excluding hydrogens is 280 g/mol. The highest BCUT2D eigenvalue weighted by molar-refractivity contribution is 7.84. The Kier molecular flexibility index (Phi) is 5.15. The second-order valence-electron chi connectivity index (χ2n) is 5.99. The molecule has 1 aromatic heterocycles. The van der Waals surface area contributed by atoms with Crippen LogP contribution in [-0.2, 0) is 16.5 Å². The van der Waals surface area contributed by atoms with Crippen LogP contribution in [0.4, 0.5) is 0 Å². The van der Waals surface area contributed by atoms with Crippen LogP contribution in [0.2, 0.25) is 5.15 Å². The first-order chi connectivity index (χ1) is 8.60. The summed E-state index contributed by atoms with van der Waals surface area (Å²) in [6.07, 6.45) is 2.57. The molecule has 1 N–H and O–H groups in total. The molecule has 0 saturated heterocycles. The number of halogens is 1. The standard InChI is InChI=1S/C14H23ClN2OS/c1-7-14(6,17-19(18)13(3,4)5)11-8-12(15)16-9-10(11)2/h8-9,17H,7H2,1-6H3/t14-,19-/m0/s1. The summed E-state index contributed by atoms with van der Waals surface area (Å²) in [7, 11) is -1.14. The second kappa shape index (κ2) is 5.90. The SMILES string of the molecule is CC[C@](C)(N[S@@](=O)C(C)(C)C)c1cc(Cl)ncc1C. The average molecular weight is 303 g/mol. The van der Waals surface area contributed by atoms with E-state index in [0.717, 1.165) is 17.5 Å². The summed E-state index contributed by atoms with van der Waals surface area (Å²) in [5.74, 6) is 0. The Bertz CT molecular complexity index is 485. The lowest BCUT2D eigenvalue weighted by atomic mass is 9.88. The smallest absolute Gasteiger partial charge is 0.129 e. The van der Waals surface area contributed by atoms with Gasteiger partial charge in [0, 0.05) is 6.20 Å². The van der Waals surface area contributed by atoms with Crippen molar-refractivity contribution in [1.82, 2.24) is 9.71 Å². The Morgan fingerprint density at radius 2 is 1.95 bits per heavy atom. The van der Waals surface area contributed by atoms with Crippen LogP contribution in [0, 0.1) is 6.92 Å². The summed E-state index contributed by atoms with van der Waals surface area (Å²) in [5.41, 5.74) is 1.72. The van der Waals surface area contributed by atoms with Gasteiger partial charge in [0.2, 0.25) is 0 Å². The highest BCUT2D eigenvalue weighted by Gasteiger charge is 2.32. The molecule has 0 unspecified atom stereocenters. The molecule has 0 aliphatic carbocycles. The zero-order valence-corrected chi connectivity index (χ0v) is 14.1. The molecule has 0 aliphatic rings. The molecule has 108 valence electrons. The minimum atomic E-state index is -1.14. The first-order valence-electron chi connectivity index (χ1n) is 6.42. The van der Waals surface area contributed by atoms with Gasteiger partial charge < -0.3 is 0 Å². The average Bonchev–Trinajstić information content (AvgIpc) is 2.30. The van der Waals surface area contributed by atoms with E-state index in [1.54, 1.807) is 6.20 Å². The van der Waals surface area contributed by atoms with Crippen LogP contribution in [0.25, 0.3) is 0 Å². The summed E-state index contributed by atoms with van der Waals surface area (Å²) in [6, 6.07) is 1.85. The number of aromatic nitrogens is 1. The van der Waals surface area contributed by atoms with Crippen molar-refractivity contribution >= 4 is 22.6 Å². The predicted molar refractivity (Wildman–Crippen MR) is 82.7 cm³/mol. The maximum absolute atomic E-state index is 12.4. The summed E-state index contributed by atoms with van der Waals surface area (Å²) in [5, 5.41) is 0.462. The first-order valence-corrected chi connectivity index (χ1v) is 7.95. The molecule has 0 aliphatic heterocycles. The van der Waals surface area contributed by atoms with Crippen LogP contribution >= 0.6 is 11.6 Å². The minimum absolute atomic E-state index is 0.304. The van der Waals surface area contributed by atoms with Crippen LogP contribution in [0.5, 0.6) is 0 Å². The van der Waals surface area contributed by atoms with Gasteiger partial charge in [0.1, 0.15) is 5.15 Å². The molecule has 1 aromatic rings. The third-order valence-electron chi connectivity index (χ3n) is 3.25. The molecule has 0 bridgehead atoms. The molecular formula is C14H23ClN2OS. The largest absolute Gasteiger partial charge is 0.244 e. The van der Waals surface area contributed by atoms with Crippen LogP contribution in [0.1, 0.15) is 52.2 Å². The maximum Gasteiger partial charge on any atom is 0.129 e. The van der Waals surface area contributed by atoms with E-state index < -0.39 is 11.0 Å². The number of nitrogens with zero attached hydrogens (tertiary/aromatic N) is 1. The van der Waals surface area contributed by atoms with E-state index >= 15 is 0 Å². The van der Waals surface area contributed by atoms with Gasteiger partial charge in [0.25, 0.3) is 0 Å². The molecule has 1 rings (SSSR count). The monoisotopic (exact) mass is 302 g/mol. The van der Waals surface area contributed by atoms with Gasteiger partial charge in [-0.1, -0.05) is 18.5 Å². The molecule has 5 heteroatoms. The number of aryl methyl sites for hydroxylation is 1. The molecule has 19 heavy (non-hydrogen) atoms. The third-order valence-corrected chi connectivity index (χ3v) is 5.20. The highest BCUT2D eigenvalue weighted by Crippen LogP contribution is 2.30. The van der Waals surface area contributed by atoms with E-state index in [4.69, 9.17) is 11.6 Å². The van der Waals surface area contributed by atoms with Gasteiger partial charge in [-0.15, -0.1) is 0 Å². The lowest BCUT2D eigenvalue weighted by Gasteiger charge is -2.34. The van der Waals surface area contributed by atoms with Crippen LogP contribution < -0.4 is 4.72 Å². The quantitative estimate of drug-likeness (QED) is 0.861. The fraction of sp³-hybridized carbons (Fsp3) is 0.643. The normalized spacial score (nSPS) is 17.0. The molecule has 0 aromatic carbocycles. The number of rotatable bonds is 4. The highest BCUT2D eigenvalue weighted by atomic mass is 35.5. The summed E-state index contributed by atoms with van der Waals surface area (Å²) in [4.78, 5) is 4.08. The minimum Gasteiger partial charge on any atom is -0.244 e. The number of hydrogen-bond acceptors (Lipinski definition) is 2. The van der Waals surface area contributed by atoms with Crippen LogP contribution in [-0.4, -0.2) is 13.9 Å². The Morgan fingerprint density at radius 1 is 1.37 bits per heavy atom. The predicted octanol–water partition coefficient (Wildman–Crippen LogP) is 3.72. The van der Waals surface area contributed by atoms with Crippen molar-refractivity contribution in [2.45, 2.75) is 58.2 Å². The van der Waals surface area contributed by atoms with Crippen molar-refractivity contribution in [3.05, 3.63) is 28.5 Å². The van der Waals surface area contributed by atoms with E-state index in [1.165, 1.54) is 0 Å². The fourth-order valence-corrected chi connectivity index (χ4v) is 2.90. The van der Waals surface area contributed by atoms with E-state index in [0.29, 0.717) is 5.15 Å². The molecule has 0 fully saturated rings. The first kappa shape index (κ1) is 16.6. The number of hydrogen-bond donors (Lipinski definition) is 1. The lowest BCUT2D eigenvalue weighted by Crippen LogP contribution is -2.46. The fourth-order valence-electron chi connectivity index (χ4n) is 1.77. The van der Waals surface area contributed by atoms with Crippen molar-refractivity contribution < 1.29 is 4.21 Å². The Balaban J connectivity index is 3.17. The number of pyridine rings is 1. The van der Waals surface area contributed by atoms with Gasteiger partial charge in [0.15, 0.2) is 0 Å². The van der Waals surface area contributed by atoms with Crippen molar-refractivity contribution in [1.29, 1.82) is 0 Å². The van der Waals surface area contributed by atoms with Gasteiger partial charge in [-0.25, -0.2) is 13.9 Å². The van der Waals surface area contributed by atoms with E-state index in [2.05, 4.69) is 23.6 Å². The molecule has 0 saturated carbocycles. The topological polar surface area (TPSA) is 42.0 Å². The summed E-state index contributed by atoms with van der Waals surface area (Å²) >= 11 is 5.99. The van der Waals surface area contributed by atoms with Crippen molar-refractivity contribution in [2.75, 3.05) is 0 Å². The molecule has 0 spiro atoms. The van der Waals surface area contributed by atoms with Crippen LogP contribution in [0.15, 0.2) is 12.3 Å². The lowest BCUT2D eigenvalue weighted by molar-refractivity contribution is 0.423. The number of nitrogens with one attached hydrogen (secondary N) is 1. The van der Waals surface area contributed by atoms with Crippen molar-refractivity contribution in [3.8, 4) is 0 Å². The summed E-state index contributed by atoms with van der Waals surface area (Å²) < 4.78 is 15.3.